The van der Waals surface area contributed by atoms with Crippen LogP contribution in [0.2, 0.25) is 0 Å². The van der Waals surface area contributed by atoms with Gasteiger partial charge >= 0.3 is 5.97 Å². The van der Waals surface area contributed by atoms with Crippen LogP contribution in [0.4, 0.5) is 5.69 Å². The van der Waals surface area contributed by atoms with Crippen molar-refractivity contribution >= 4 is 17.6 Å². The number of carbonyl (C=O) groups excluding carboxylic acids is 1. The summed E-state index contributed by atoms with van der Waals surface area (Å²) in [5.74, 6) is -0.417. The van der Waals surface area contributed by atoms with Crippen molar-refractivity contribution in [2.75, 3.05) is 59.1 Å². The van der Waals surface area contributed by atoms with E-state index in [2.05, 4.69) is 45.1 Å². The van der Waals surface area contributed by atoms with Crippen molar-refractivity contribution in [1.82, 2.24) is 4.90 Å². The summed E-state index contributed by atoms with van der Waals surface area (Å²) in [6.45, 7) is 5.21. The number of carboxylic acids is 1. The minimum Gasteiger partial charge on any atom is -0.481 e. The molecule has 0 spiro atoms. The molecule has 2 aromatic carbocycles. The zero-order chi connectivity index (χ0) is 31.3. The number of ether oxygens (including phenoxy) is 3. The van der Waals surface area contributed by atoms with E-state index in [4.69, 9.17) is 14.2 Å². The first-order chi connectivity index (χ1) is 21.1. The van der Waals surface area contributed by atoms with Gasteiger partial charge in [-0.2, -0.15) is 0 Å². The third-order valence-electron chi connectivity index (χ3n) is 9.17. The molecule has 9 nitrogen and oxygen atoms in total. The SMILES string of the molecule is CCCCN(C(=O)CN1C[C@H](c2ccc3c(c2)OCO3)C(C(=O)O)[C@@H]1CCC1CCCCO1)c1cccc(C[N+](C)(C)C)c1. The zero-order valence-corrected chi connectivity index (χ0v) is 26.9. The Bertz CT molecular complexity index is 1290. The standard InChI is InChI=1S/C35H49N3O6/c1-5-6-17-37(27-11-9-10-25(19-27)23-38(2,3)4)33(39)22-36-21-29(26-13-16-31-32(20-26)44-24-43-31)34(35(40)41)30(36)15-14-28-12-7-8-18-42-28/h9-11,13,16,19-20,28-30,34H,5-8,12,14-15,17-18,21-24H2,1-4H3/p+1/t28?,29-,30+,34?/m1/s1. The molecule has 2 unspecified atom stereocenters. The highest BCUT2D eigenvalue weighted by molar-refractivity contribution is 5.95. The lowest BCUT2D eigenvalue weighted by Gasteiger charge is -2.31. The molecule has 0 saturated carbocycles. The third kappa shape index (κ3) is 7.92. The van der Waals surface area contributed by atoms with Gasteiger partial charge in [-0.3, -0.25) is 14.5 Å². The molecule has 2 aromatic rings. The van der Waals surface area contributed by atoms with Crippen molar-refractivity contribution in [2.24, 2.45) is 5.92 Å². The Labute approximate surface area is 262 Å². The number of rotatable bonds is 13. The van der Waals surface area contributed by atoms with E-state index in [9.17, 15) is 14.7 Å². The molecule has 240 valence electrons. The fourth-order valence-electron chi connectivity index (χ4n) is 7.07. The van der Waals surface area contributed by atoms with Crippen molar-refractivity contribution in [3.63, 3.8) is 0 Å². The highest BCUT2D eigenvalue weighted by Crippen LogP contribution is 2.43. The Balaban J connectivity index is 1.41. The number of carboxylic acid groups (broad SMARTS) is 1. The molecule has 1 amide bonds. The van der Waals surface area contributed by atoms with Crippen molar-refractivity contribution in [1.29, 1.82) is 0 Å². The number of benzene rings is 2. The van der Waals surface area contributed by atoms with Crippen LogP contribution in [0.5, 0.6) is 11.5 Å². The predicted molar refractivity (Wildman–Crippen MR) is 170 cm³/mol. The molecular formula is C35H50N3O6+. The van der Waals surface area contributed by atoms with Crippen LogP contribution in [0.15, 0.2) is 42.5 Å². The second-order valence-electron chi connectivity index (χ2n) is 13.7. The van der Waals surface area contributed by atoms with Crippen LogP contribution in [0.1, 0.15) is 68.9 Å². The van der Waals surface area contributed by atoms with Crippen LogP contribution >= 0.6 is 0 Å². The molecule has 5 rings (SSSR count). The molecule has 3 aliphatic rings. The first-order valence-corrected chi connectivity index (χ1v) is 16.3. The first-order valence-electron chi connectivity index (χ1n) is 16.3. The van der Waals surface area contributed by atoms with Gasteiger partial charge in [-0.05, 0) is 68.4 Å². The number of likely N-dealkylation sites (tertiary alicyclic amines) is 1. The van der Waals surface area contributed by atoms with Gasteiger partial charge < -0.3 is 28.7 Å². The average molecular weight is 609 g/mol. The minimum absolute atomic E-state index is 0.00948. The lowest BCUT2D eigenvalue weighted by atomic mass is 9.83. The van der Waals surface area contributed by atoms with E-state index >= 15 is 0 Å². The Morgan fingerprint density at radius 2 is 1.86 bits per heavy atom. The van der Waals surface area contributed by atoms with Crippen molar-refractivity contribution < 1.29 is 33.4 Å². The van der Waals surface area contributed by atoms with Gasteiger partial charge in [0.05, 0.1) is 39.7 Å². The number of hydrogen-bond donors (Lipinski definition) is 1. The quantitative estimate of drug-likeness (QED) is 0.310. The van der Waals surface area contributed by atoms with Crippen LogP contribution in [0, 0.1) is 5.92 Å². The minimum atomic E-state index is -0.826. The molecule has 0 bridgehead atoms. The molecule has 44 heavy (non-hydrogen) atoms. The molecule has 0 aromatic heterocycles. The third-order valence-corrected chi connectivity index (χ3v) is 9.17. The smallest absolute Gasteiger partial charge is 0.308 e. The Morgan fingerprint density at radius 3 is 2.59 bits per heavy atom. The fourth-order valence-corrected chi connectivity index (χ4v) is 7.07. The largest absolute Gasteiger partial charge is 0.481 e. The predicted octanol–water partition coefficient (Wildman–Crippen LogP) is 5.27. The van der Waals surface area contributed by atoms with E-state index in [1.807, 2.05) is 35.2 Å². The molecule has 3 aliphatic heterocycles. The maximum Gasteiger partial charge on any atom is 0.308 e. The van der Waals surface area contributed by atoms with Crippen LogP contribution in [0.3, 0.4) is 0 Å². The molecule has 2 fully saturated rings. The van der Waals surface area contributed by atoms with Gasteiger partial charge in [0.15, 0.2) is 11.5 Å². The average Bonchev–Trinajstić information content (AvgIpc) is 3.60. The van der Waals surface area contributed by atoms with E-state index in [1.54, 1.807) is 0 Å². The summed E-state index contributed by atoms with van der Waals surface area (Å²) in [7, 11) is 6.48. The lowest BCUT2D eigenvalue weighted by molar-refractivity contribution is -0.884. The lowest BCUT2D eigenvalue weighted by Crippen LogP contribution is -2.45. The van der Waals surface area contributed by atoms with Crippen LogP contribution < -0.4 is 14.4 Å². The molecule has 0 radical (unpaired) electrons. The topological polar surface area (TPSA) is 88.5 Å². The molecule has 3 heterocycles. The number of aliphatic carboxylic acids is 1. The highest BCUT2D eigenvalue weighted by Gasteiger charge is 2.47. The summed E-state index contributed by atoms with van der Waals surface area (Å²) < 4.78 is 18.0. The normalized spacial score (nSPS) is 23.5. The molecule has 0 aliphatic carbocycles. The number of quaternary nitrogens is 1. The van der Waals surface area contributed by atoms with Gasteiger partial charge in [-0.25, -0.2) is 0 Å². The van der Waals surface area contributed by atoms with E-state index in [-0.39, 0.29) is 37.3 Å². The van der Waals surface area contributed by atoms with Crippen LogP contribution in [-0.4, -0.2) is 92.7 Å². The van der Waals surface area contributed by atoms with E-state index in [0.29, 0.717) is 31.0 Å². The monoisotopic (exact) mass is 608 g/mol. The van der Waals surface area contributed by atoms with Crippen molar-refractivity contribution in [2.45, 2.75) is 76.5 Å². The van der Waals surface area contributed by atoms with Gasteiger partial charge in [-0.15, -0.1) is 0 Å². The Morgan fingerprint density at radius 1 is 1.05 bits per heavy atom. The van der Waals surface area contributed by atoms with E-state index < -0.39 is 11.9 Å². The molecule has 9 heteroatoms. The second-order valence-corrected chi connectivity index (χ2v) is 13.7. The summed E-state index contributed by atoms with van der Waals surface area (Å²) >= 11 is 0. The van der Waals surface area contributed by atoms with Gasteiger partial charge in [-0.1, -0.05) is 31.5 Å². The second kappa shape index (κ2) is 14.3. The molecule has 2 saturated heterocycles. The fraction of sp³-hybridized carbons (Fsp3) is 0.600. The number of fused-ring (bicyclic) bond motifs is 1. The summed E-state index contributed by atoms with van der Waals surface area (Å²) in [6.07, 6.45) is 6.69. The number of amides is 1. The number of carbonyl (C=O) groups is 2. The summed E-state index contributed by atoms with van der Waals surface area (Å²) in [5.41, 5.74) is 3.00. The van der Waals surface area contributed by atoms with Gasteiger partial charge in [0, 0.05) is 42.9 Å². The highest BCUT2D eigenvalue weighted by atomic mass is 16.7. The number of hydrogen-bond acceptors (Lipinski definition) is 6. The van der Waals surface area contributed by atoms with E-state index in [1.165, 1.54) is 5.56 Å². The van der Waals surface area contributed by atoms with Crippen LogP contribution in [0.25, 0.3) is 0 Å². The number of anilines is 1. The Hall–Kier alpha value is -3.14. The van der Waals surface area contributed by atoms with Crippen molar-refractivity contribution in [3.05, 3.63) is 53.6 Å². The van der Waals surface area contributed by atoms with Gasteiger partial charge in [0.2, 0.25) is 12.7 Å². The van der Waals surface area contributed by atoms with E-state index in [0.717, 1.165) is 67.4 Å². The number of unbranched alkanes of at least 4 members (excludes halogenated alkanes) is 1. The molecule has 1 N–H and O–H groups in total. The van der Waals surface area contributed by atoms with Crippen molar-refractivity contribution in [3.8, 4) is 11.5 Å². The molecular weight excluding hydrogens is 558 g/mol. The summed E-state index contributed by atoms with van der Waals surface area (Å²) in [4.78, 5) is 31.2. The first kappa shape index (κ1) is 32.3. The Kier molecular flexibility index (Phi) is 10.5. The van der Waals surface area contributed by atoms with Gasteiger partial charge in [0.25, 0.3) is 0 Å². The molecule has 4 atom stereocenters. The summed E-state index contributed by atoms with van der Waals surface area (Å²) in [6, 6.07) is 13.8. The number of nitrogens with zero attached hydrogens (tertiary/aromatic N) is 3. The maximum atomic E-state index is 14.2. The van der Waals surface area contributed by atoms with Crippen LogP contribution in [-0.2, 0) is 20.9 Å². The maximum absolute atomic E-state index is 14.2. The summed E-state index contributed by atoms with van der Waals surface area (Å²) in [5, 5.41) is 10.6. The van der Waals surface area contributed by atoms with Gasteiger partial charge in [0.1, 0.15) is 6.54 Å². The zero-order valence-electron chi connectivity index (χ0n) is 26.9.